The van der Waals surface area contributed by atoms with Crippen LogP contribution in [0.5, 0.6) is 5.75 Å². The van der Waals surface area contributed by atoms with Crippen LogP contribution >= 0.6 is 0 Å². The first-order chi connectivity index (χ1) is 10.3. The molecule has 1 saturated heterocycles. The van der Waals surface area contributed by atoms with E-state index in [-0.39, 0.29) is 5.75 Å². The van der Waals surface area contributed by atoms with Gasteiger partial charge < -0.3 is 15.2 Å². The summed E-state index contributed by atoms with van der Waals surface area (Å²) in [6, 6.07) is 7.79. The van der Waals surface area contributed by atoms with Gasteiger partial charge in [-0.1, -0.05) is 18.2 Å². The Bertz CT molecular complexity index is 597. The van der Waals surface area contributed by atoms with Crippen LogP contribution in [0, 0.1) is 0 Å². The van der Waals surface area contributed by atoms with Crippen LogP contribution in [0.25, 0.3) is 10.9 Å². The van der Waals surface area contributed by atoms with E-state index in [1.165, 1.54) is 0 Å². The maximum Gasteiger partial charge on any atom is 0.146 e. The van der Waals surface area contributed by atoms with E-state index in [1.807, 2.05) is 24.3 Å². The van der Waals surface area contributed by atoms with Gasteiger partial charge in [0.15, 0.2) is 0 Å². The highest BCUT2D eigenvalue weighted by atomic mass is 16.5. The normalized spacial score (nSPS) is 16.4. The number of benzene rings is 1. The first kappa shape index (κ1) is 14.3. The lowest BCUT2D eigenvalue weighted by molar-refractivity contribution is 0.0384. The fourth-order valence-electron chi connectivity index (χ4n) is 2.60. The van der Waals surface area contributed by atoms with Crippen LogP contribution in [0.1, 0.15) is 5.56 Å². The van der Waals surface area contributed by atoms with Gasteiger partial charge in [0.1, 0.15) is 11.3 Å². The van der Waals surface area contributed by atoms with E-state index in [4.69, 9.17) is 4.74 Å². The van der Waals surface area contributed by atoms with Crippen molar-refractivity contribution in [2.24, 2.45) is 0 Å². The number of aromatic nitrogens is 1. The van der Waals surface area contributed by atoms with Crippen LogP contribution in [-0.4, -0.2) is 54.4 Å². The maximum absolute atomic E-state index is 10.3. The predicted molar refractivity (Wildman–Crippen MR) is 82.4 cm³/mol. The molecule has 1 aromatic carbocycles. The number of ether oxygens (including phenoxy) is 1. The number of phenolic OH excluding ortho intramolecular Hbond substituents is 1. The Kier molecular flexibility index (Phi) is 4.65. The molecular weight excluding hydrogens is 266 g/mol. The summed E-state index contributed by atoms with van der Waals surface area (Å²) in [5.74, 6) is 0.284. The minimum Gasteiger partial charge on any atom is -0.505 e. The molecule has 0 amide bonds. The van der Waals surface area contributed by atoms with Crippen molar-refractivity contribution < 1.29 is 9.84 Å². The second-order valence-corrected chi connectivity index (χ2v) is 5.28. The number of pyridine rings is 1. The molecule has 1 aliphatic rings. The summed E-state index contributed by atoms with van der Waals surface area (Å²) in [5, 5.41) is 14.6. The molecular formula is C16H21N3O2. The summed E-state index contributed by atoms with van der Waals surface area (Å²) in [7, 11) is 0. The molecule has 0 unspecified atom stereocenters. The average Bonchev–Trinajstić information content (AvgIpc) is 2.55. The highest BCUT2D eigenvalue weighted by molar-refractivity contribution is 5.85. The van der Waals surface area contributed by atoms with Gasteiger partial charge in [-0.05, 0) is 6.07 Å². The van der Waals surface area contributed by atoms with Crippen molar-refractivity contribution in [2.75, 3.05) is 39.4 Å². The highest BCUT2D eigenvalue weighted by Crippen LogP contribution is 2.26. The lowest BCUT2D eigenvalue weighted by Gasteiger charge is -2.26. The molecule has 3 rings (SSSR count). The number of hydrogen-bond donors (Lipinski definition) is 2. The molecule has 21 heavy (non-hydrogen) atoms. The summed E-state index contributed by atoms with van der Waals surface area (Å²) in [5.41, 5.74) is 1.56. The van der Waals surface area contributed by atoms with Crippen LogP contribution in [0.2, 0.25) is 0 Å². The number of fused-ring (bicyclic) bond motifs is 1. The maximum atomic E-state index is 10.3. The third kappa shape index (κ3) is 3.50. The van der Waals surface area contributed by atoms with Crippen molar-refractivity contribution in [1.82, 2.24) is 15.2 Å². The minimum absolute atomic E-state index is 0.284. The van der Waals surface area contributed by atoms with Crippen LogP contribution in [0.3, 0.4) is 0 Å². The Hall–Kier alpha value is -1.69. The van der Waals surface area contributed by atoms with Gasteiger partial charge in [0.05, 0.1) is 13.2 Å². The van der Waals surface area contributed by atoms with Gasteiger partial charge in [0, 0.05) is 49.9 Å². The molecule has 0 aliphatic carbocycles. The van der Waals surface area contributed by atoms with E-state index in [9.17, 15) is 5.11 Å². The van der Waals surface area contributed by atoms with Crippen LogP contribution in [0.4, 0.5) is 0 Å². The topological polar surface area (TPSA) is 57.6 Å². The molecule has 1 fully saturated rings. The van der Waals surface area contributed by atoms with Gasteiger partial charge >= 0.3 is 0 Å². The molecule has 0 atom stereocenters. The van der Waals surface area contributed by atoms with Gasteiger partial charge in [-0.3, -0.25) is 9.88 Å². The number of rotatable bonds is 5. The molecule has 2 aromatic rings. The Morgan fingerprint density at radius 1 is 1.24 bits per heavy atom. The molecule has 1 aromatic heterocycles. The first-order valence-electron chi connectivity index (χ1n) is 7.41. The van der Waals surface area contributed by atoms with E-state index < -0.39 is 0 Å². The number of aromatic hydroxyl groups is 1. The molecule has 0 bridgehead atoms. The van der Waals surface area contributed by atoms with Crippen LogP contribution in [-0.2, 0) is 11.3 Å². The van der Waals surface area contributed by atoms with Crippen molar-refractivity contribution in [3.8, 4) is 5.75 Å². The Morgan fingerprint density at radius 2 is 2.10 bits per heavy atom. The Labute approximate surface area is 124 Å². The quantitative estimate of drug-likeness (QED) is 0.813. The fraction of sp³-hybridized carbons (Fsp3) is 0.438. The molecule has 1 aliphatic heterocycles. The van der Waals surface area contributed by atoms with E-state index >= 15 is 0 Å². The van der Waals surface area contributed by atoms with Gasteiger partial charge in [0.25, 0.3) is 0 Å². The third-order valence-electron chi connectivity index (χ3n) is 3.86. The summed E-state index contributed by atoms with van der Waals surface area (Å²) in [6.45, 7) is 6.24. The van der Waals surface area contributed by atoms with Gasteiger partial charge in [-0.15, -0.1) is 0 Å². The molecule has 2 heterocycles. The van der Waals surface area contributed by atoms with Crippen molar-refractivity contribution in [1.29, 1.82) is 0 Å². The second-order valence-electron chi connectivity index (χ2n) is 5.28. The molecule has 0 spiro atoms. The van der Waals surface area contributed by atoms with Crippen LogP contribution < -0.4 is 5.32 Å². The monoisotopic (exact) mass is 287 g/mol. The Morgan fingerprint density at radius 3 is 2.95 bits per heavy atom. The second kappa shape index (κ2) is 6.85. The predicted octanol–water partition coefficient (Wildman–Crippen LogP) is 1.36. The minimum atomic E-state index is 0.284. The summed E-state index contributed by atoms with van der Waals surface area (Å²) >= 11 is 0. The fourth-order valence-corrected chi connectivity index (χ4v) is 2.60. The highest BCUT2D eigenvalue weighted by Gasteiger charge is 2.10. The number of hydrogen-bond acceptors (Lipinski definition) is 5. The van der Waals surface area contributed by atoms with Crippen LogP contribution in [0.15, 0.2) is 30.5 Å². The third-order valence-corrected chi connectivity index (χ3v) is 3.86. The largest absolute Gasteiger partial charge is 0.505 e. The molecule has 0 saturated carbocycles. The van der Waals surface area contributed by atoms with Gasteiger partial charge in [-0.25, -0.2) is 0 Å². The van der Waals surface area contributed by atoms with Gasteiger partial charge in [-0.2, -0.15) is 0 Å². The molecule has 5 heteroatoms. The molecule has 5 nitrogen and oxygen atoms in total. The van der Waals surface area contributed by atoms with Crippen molar-refractivity contribution >= 4 is 10.9 Å². The number of morpholine rings is 1. The van der Waals surface area contributed by atoms with Crippen molar-refractivity contribution in [3.05, 3.63) is 36.0 Å². The standard InChI is InChI=1S/C16H21N3O2/c20-16-14(4-3-13-2-1-5-18-15(13)16)12-17-6-7-19-8-10-21-11-9-19/h1-5,17,20H,6-12H2. The van der Waals surface area contributed by atoms with Gasteiger partial charge in [0.2, 0.25) is 0 Å². The molecule has 112 valence electrons. The lowest BCUT2D eigenvalue weighted by atomic mass is 10.1. The van der Waals surface area contributed by atoms with E-state index in [0.29, 0.717) is 12.1 Å². The zero-order valence-corrected chi connectivity index (χ0v) is 12.1. The zero-order chi connectivity index (χ0) is 14.5. The summed E-state index contributed by atoms with van der Waals surface area (Å²) in [4.78, 5) is 6.63. The summed E-state index contributed by atoms with van der Waals surface area (Å²) in [6.07, 6.45) is 1.71. The van der Waals surface area contributed by atoms with Crippen molar-refractivity contribution in [2.45, 2.75) is 6.54 Å². The van der Waals surface area contributed by atoms with E-state index in [1.54, 1.807) is 6.20 Å². The number of nitrogens with one attached hydrogen (secondary N) is 1. The SMILES string of the molecule is Oc1c(CNCCN2CCOCC2)ccc2cccnc12. The Balaban J connectivity index is 1.54. The van der Waals surface area contributed by atoms with E-state index in [2.05, 4.69) is 15.2 Å². The molecule has 0 radical (unpaired) electrons. The number of phenols is 1. The number of nitrogens with zero attached hydrogens (tertiary/aromatic N) is 2. The first-order valence-corrected chi connectivity index (χ1v) is 7.41. The average molecular weight is 287 g/mol. The smallest absolute Gasteiger partial charge is 0.146 e. The summed E-state index contributed by atoms with van der Waals surface area (Å²) < 4.78 is 5.33. The zero-order valence-electron chi connectivity index (χ0n) is 12.1. The van der Waals surface area contributed by atoms with Crippen molar-refractivity contribution in [3.63, 3.8) is 0 Å². The lowest BCUT2D eigenvalue weighted by Crippen LogP contribution is -2.40. The molecule has 2 N–H and O–H groups in total. The van der Waals surface area contributed by atoms with E-state index in [0.717, 1.165) is 50.3 Å².